The number of amides is 2. The van der Waals surface area contributed by atoms with Gasteiger partial charge in [-0.3, -0.25) is 4.79 Å². The predicted octanol–water partition coefficient (Wildman–Crippen LogP) is 2.63. The molecular formula is C12H9Cl2NO4. The number of hydrogen-bond donors (Lipinski definition) is 0. The molecule has 3 rings (SSSR count). The number of hydrogen-bond acceptors (Lipinski definition) is 4. The van der Waals surface area contributed by atoms with Crippen molar-refractivity contribution in [1.29, 1.82) is 0 Å². The molecule has 0 radical (unpaired) electrons. The zero-order chi connectivity index (χ0) is 13.8. The highest BCUT2D eigenvalue weighted by Gasteiger charge is 2.60. The lowest BCUT2D eigenvalue weighted by molar-refractivity contribution is -0.130. The van der Waals surface area contributed by atoms with Crippen LogP contribution in [-0.4, -0.2) is 30.3 Å². The second kappa shape index (κ2) is 4.10. The minimum absolute atomic E-state index is 0.289. The molecule has 2 atom stereocenters. The fourth-order valence-electron chi connectivity index (χ4n) is 2.04. The van der Waals surface area contributed by atoms with Crippen LogP contribution in [0.1, 0.15) is 6.92 Å². The molecule has 0 saturated carbocycles. The molecule has 0 aliphatic carbocycles. The Kier molecular flexibility index (Phi) is 2.74. The smallest absolute Gasteiger partial charge is 0.422 e. The van der Waals surface area contributed by atoms with Crippen LogP contribution < -0.4 is 4.90 Å². The second-order valence-electron chi connectivity index (χ2n) is 4.57. The standard InChI is InChI=1S/C12H9Cl2NO4/c1-12(9-5-18-9)10(16)15(11(17)19-12)8-3-6(13)2-7(14)4-8/h2-4,9H,5H2,1H3. The molecular weight excluding hydrogens is 293 g/mol. The molecule has 0 bridgehead atoms. The molecule has 2 fully saturated rings. The summed E-state index contributed by atoms with van der Waals surface area (Å²) in [6, 6.07) is 4.47. The normalized spacial score (nSPS) is 29.6. The Hall–Kier alpha value is -1.30. The van der Waals surface area contributed by atoms with Crippen LogP contribution in [0.5, 0.6) is 0 Å². The molecule has 0 N–H and O–H groups in total. The van der Waals surface area contributed by atoms with Crippen molar-refractivity contribution in [2.24, 2.45) is 0 Å². The van der Waals surface area contributed by atoms with E-state index in [1.54, 1.807) is 0 Å². The minimum Gasteiger partial charge on any atom is -0.429 e. The average Bonchev–Trinajstić information content (AvgIpc) is 3.08. The quantitative estimate of drug-likeness (QED) is 0.788. The lowest BCUT2D eigenvalue weighted by Crippen LogP contribution is -2.43. The molecule has 19 heavy (non-hydrogen) atoms. The number of anilines is 1. The van der Waals surface area contributed by atoms with E-state index in [0.717, 1.165) is 4.90 Å². The predicted molar refractivity (Wildman–Crippen MR) is 68.6 cm³/mol. The van der Waals surface area contributed by atoms with Gasteiger partial charge in [-0.05, 0) is 25.1 Å². The molecule has 1 aromatic rings. The Bertz CT molecular complexity index is 567. The van der Waals surface area contributed by atoms with Crippen LogP contribution in [-0.2, 0) is 14.3 Å². The Labute approximate surface area is 119 Å². The summed E-state index contributed by atoms with van der Waals surface area (Å²) in [5.41, 5.74) is -0.983. The number of nitrogens with zero attached hydrogens (tertiary/aromatic N) is 1. The summed E-state index contributed by atoms with van der Waals surface area (Å²) < 4.78 is 10.2. The van der Waals surface area contributed by atoms with E-state index in [2.05, 4.69) is 0 Å². The topological polar surface area (TPSA) is 59.1 Å². The van der Waals surface area contributed by atoms with Crippen molar-refractivity contribution in [3.8, 4) is 0 Å². The van der Waals surface area contributed by atoms with Gasteiger partial charge in [0.25, 0.3) is 5.91 Å². The van der Waals surface area contributed by atoms with Crippen LogP contribution in [0.2, 0.25) is 10.0 Å². The molecule has 0 aromatic heterocycles. The van der Waals surface area contributed by atoms with Crippen LogP contribution in [0.3, 0.4) is 0 Å². The first-order valence-corrected chi connectivity index (χ1v) is 6.32. The van der Waals surface area contributed by atoms with Crippen LogP contribution in [0.4, 0.5) is 10.5 Å². The summed E-state index contributed by atoms with van der Waals surface area (Å²) in [6.07, 6.45) is -1.13. The third kappa shape index (κ3) is 1.98. The highest BCUT2D eigenvalue weighted by molar-refractivity contribution is 6.35. The van der Waals surface area contributed by atoms with Gasteiger partial charge < -0.3 is 9.47 Å². The monoisotopic (exact) mass is 301 g/mol. The van der Waals surface area contributed by atoms with Crippen molar-refractivity contribution in [2.45, 2.75) is 18.6 Å². The summed E-state index contributed by atoms with van der Waals surface area (Å²) in [7, 11) is 0. The summed E-state index contributed by atoms with van der Waals surface area (Å²) in [5, 5.41) is 0.666. The first-order chi connectivity index (χ1) is 8.91. The van der Waals surface area contributed by atoms with Crippen molar-refractivity contribution in [3.05, 3.63) is 28.2 Å². The maximum atomic E-state index is 12.4. The van der Waals surface area contributed by atoms with E-state index in [-0.39, 0.29) is 11.8 Å². The SMILES string of the molecule is CC1(C2CO2)OC(=O)N(c2cc(Cl)cc(Cl)c2)C1=O. The number of epoxide rings is 1. The number of cyclic esters (lactones) is 1. The molecule has 100 valence electrons. The first-order valence-electron chi connectivity index (χ1n) is 5.57. The van der Waals surface area contributed by atoms with Gasteiger partial charge in [0.2, 0.25) is 5.60 Å². The summed E-state index contributed by atoms with van der Waals surface area (Å²) >= 11 is 11.7. The number of ether oxygens (including phenoxy) is 2. The number of halogens is 2. The summed E-state index contributed by atoms with van der Waals surface area (Å²) in [4.78, 5) is 25.2. The van der Waals surface area contributed by atoms with E-state index in [9.17, 15) is 9.59 Å². The van der Waals surface area contributed by atoms with Crippen LogP contribution in [0.25, 0.3) is 0 Å². The highest BCUT2D eigenvalue weighted by Crippen LogP contribution is 2.38. The fourth-order valence-corrected chi connectivity index (χ4v) is 2.55. The van der Waals surface area contributed by atoms with E-state index in [1.165, 1.54) is 25.1 Å². The van der Waals surface area contributed by atoms with Crippen LogP contribution in [0.15, 0.2) is 18.2 Å². The van der Waals surface area contributed by atoms with E-state index in [1.807, 2.05) is 0 Å². The first kappa shape index (κ1) is 12.7. The lowest BCUT2D eigenvalue weighted by atomic mass is 10.0. The third-order valence-corrected chi connectivity index (χ3v) is 3.60. The third-order valence-electron chi connectivity index (χ3n) is 3.16. The largest absolute Gasteiger partial charge is 0.429 e. The van der Waals surface area contributed by atoms with E-state index >= 15 is 0 Å². The number of benzene rings is 1. The van der Waals surface area contributed by atoms with Gasteiger partial charge in [0, 0.05) is 10.0 Å². The number of imide groups is 1. The average molecular weight is 302 g/mol. The number of rotatable bonds is 2. The fraction of sp³-hybridized carbons (Fsp3) is 0.333. The van der Waals surface area contributed by atoms with Gasteiger partial charge in [-0.2, -0.15) is 0 Å². The summed E-state index contributed by atoms with van der Waals surface area (Å²) in [6.45, 7) is 1.94. The zero-order valence-electron chi connectivity index (χ0n) is 9.85. The van der Waals surface area contributed by atoms with Crippen molar-refractivity contribution >= 4 is 40.9 Å². The summed E-state index contributed by atoms with van der Waals surface area (Å²) in [5.74, 6) is -0.474. The van der Waals surface area contributed by atoms with Gasteiger partial charge >= 0.3 is 6.09 Å². The molecule has 2 amide bonds. The van der Waals surface area contributed by atoms with Gasteiger partial charge in [-0.1, -0.05) is 23.2 Å². The molecule has 2 heterocycles. The maximum Gasteiger partial charge on any atom is 0.422 e. The van der Waals surface area contributed by atoms with Crippen molar-refractivity contribution in [3.63, 3.8) is 0 Å². The Morgan fingerprint density at radius 1 is 1.26 bits per heavy atom. The zero-order valence-corrected chi connectivity index (χ0v) is 11.4. The maximum absolute atomic E-state index is 12.4. The van der Waals surface area contributed by atoms with Gasteiger partial charge in [-0.15, -0.1) is 0 Å². The second-order valence-corrected chi connectivity index (χ2v) is 5.44. The Morgan fingerprint density at radius 2 is 1.84 bits per heavy atom. The van der Waals surface area contributed by atoms with E-state index in [4.69, 9.17) is 32.7 Å². The van der Waals surface area contributed by atoms with Crippen LogP contribution in [0, 0.1) is 0 Å². The van der Waals surface area contributed by atoms with Gasteiger partial charge in [-0.25, -0.2) is 9.69 Å². The van der Waals surface area contributed by atoms with Gasteiger partial charge in [0.15, 0.2) is 0 Å². The van der Waals surface area contributed by atoms with Gasteiger partial charge in [0.1, 0.15) is 6.10 Å². The Morgan fingerprint density at radius 3 is 2.37 bits per heavy atom. The molecule has 5 nitrogen and oxygen atoms in total. The molecule has 2 aliphatic rings. The van der Waals surface area contributed by atoms with Crippen molar-refractivity contribution in [1.82, 2.24) is 0 Å². The molecule has 0 spiro atoms. The van der Waals surface area contributed by atoms with Crippen LogP contribution >= 0.6 is 23.2 Å². The van der Waals surface area contributed by atoms with Crippen molar-refractivity contribution in [2.75, 3.05) is 11.5 Å². The molecule has 2 unspecified atom stereocenters. The molecule has 2 aliphatic heterocycles. The van der Waals surface area contributed by atoms with E-state index < -0.39 is 17.6 Å². The van der Waals surface area contributed by atoms with E-state index in [0.29, 0.717) is 16.7 Å². The number of carbonyl (C=O) groups excluding carboxylic acids is 2. The number of carbonyl (C=O) groups is 2. The minimum atomic E-state index is -1.27. The molecule has 1 aromatic carbocycles. The lowest BCUT2D eigenvalue weighted by Gasteiger charge is -2.17. The van der Waals surface area contributed by atoms with Gasteiger partial charge in [0.05, 0.1) is 12.3 Å². The molecule has 7 heteroatoms. The highest BCUT2D eigenvalue weighted by atomic mass is 35.5. The Balaban J connectivity index is 2.00. The van der Waals surface area contributed by atoms with Crippen molar-refractivity contribution < 1.29 is 19.1 Å². The molecule has 2 saturated heterocycles.